The summed E-state index contributed by atoms with van der Waals surface area (Å²) in [5, 5.41) is 14.4. The van der Waals surface area contributed by atoms with E-state index in [0.29, 0.717) is 10.9 Å². The Bertz CT molecular complexity index is 1320. The number of hydrogen-bond donors (Lipinski definition) is 2. The molecular weight excluding hydrogens is 565 g/mol. The molecule has 1 aliphatic heterocycles. The average Bonchev–Trinajstić information content (AvgIpc) is 3.11. The summed E-state index contributed by atoms with van der Waals surface area (Å²) in [6.07, 6.45) is -1.85. The number of benzene rings is 2. The molecule has 2 aromatic rings. The normalized spacial score (nSPS) is 20.3. The lowest BCUT2D eigenvalue weighted by Crippen LogP contribution is -2.48. The van der Waals surface area contributed by atoms with Gasteiger partial charge in [0.1, 0.15) is 19.0 Å². The summed E-state index contributed by atoms with van der Waals surface area (Å²) in [7, 11) is -5.02. The molecule has 0 aliphatic carbocycles. The van der Waals surface area contributed by atoms with E-state index in [1.165, 1.54) is 17.0 Å². The van der Waals surface area contributed by atoms with Crippen molar-refractivity contribution < 1.29 is 32.4 Å². The van der Waals surface area contributed by atoms with Crippen molar-refractivity contribution in [3.8, 4) is 11.1 Å². The first-order chi connectivity index (χ1) is 18.6. The molecule has 1 heterocycles. The number of hydrogen-bond acceptors (Lipinski definition) is 6. The number of carbonyl (C=O) groups is 1. The molecule has 1 saturated heterocycles. The van der Waals surface area contributed by atoms with Crippen LogP contribution < -0.4 is 15.5 Å². The van der Waals surface area contributed by atoms with Gasteiger partial charge in [0.25, 0.3) is 0 Å². The molecule has 0 aromatic heterocycles. The highest BCUT2D eigenvalue weighted by atomic mass is 31.2. The molecule has 2 aromatic carbocycles. The van der Waals surface area contributed by atoms with Gasteiger partial charge in [-0.3, -0.25) is 0 Å². The number of aliphatic hydroxyl groups is 1. The van der Waals surface area contributed by atoms with Crippen molar-refractivity contribution in [2.24, 2.45) is 0 Å². The molecule has 0 spiro atoms. The number of carbonyl (C=O) groups excluding carboxylic acids is 1. The Morgan fingerprint density at radius 3 is 2.22 bits per heavy atom. The van der Waals surface area contributed by atoms with Crippen molar-refractivity contribution in [2.45, 2.75) is 90.0 Å². The molecule has 11 heteroatoms. The second kappa shape index (κ2) is 11.8. The van der Waals surface area contributed by atoms with E-state index in [-0.39, 0.29) is 29.3 Å². The van der Waals surface area contributed by atoms with Gasteiger partial charge in [-0.2, -0.15) is 0 Å². The number of rotatable bonds is 7. The van der Waals surface area contributed by atoms with Crippen LogP contribution in [-0.4, -0.2) is 63.4 Å². The Hall–Kier alpha value is -2.26. The monoisotopic (exact) mass is 610 g/mol. The smallest absolute Gasteiger partial charge is 0.408 e. The van der Waals surface area contributed by atoms with Crippen LogP contribution >= 0.6 is 7.14 Å². The maximum absolute atomic E-state index is 15.9. The van der Waals surface area contributed by atoms with Gasteiger partial charge in [-0.15, -0.1) is 0 Å². The SMILES string of the molecule is CC(C)(C)OC(=O)N[C@@H]1C[C@@H](CO[Si](C)(C)C(C)(C)C)N(c2ccc(-c3ccccc3P(C)(C)=O)c(F)c2F)C1O. The number of nitrogens with zero attached hydrogens (tertiary/aromatic N) is 1. The molecule has 0 saturated carbocycles. The molecule has 228 valence electrons. The molecule has 1 amide bonds. The molecule has 7 nitrogen and oxygen atoms in total. The summed E-state index contributed by atoms with van der Waals surface area (Å²) in [5.41, 5.74) is -0.560. The largest absolute Gasteiger partial charge is 0.444 e. The van der Waals surface area contributed by atoms with Gasteiger partial charge < -0.3 is 29.1 Å². The fraction of sp³-hybridized carbons (Fsp3) is 0.567. The molecule has 1 fully saturated rings. The van der Waals surface area contributed by atoms with Gasteiger partial charge in [0.15, 0.2) is 20.0 Å². The second-order valence-electron chi connectivity index (χ2n) is 13.7. The molecule has 1 aliphatic rings. The Morgan fingerprint density at radius 1 is 1.05 bits per heavy atom. The van der Waals surface area contributed by atoms with Gasteiger partial charge in [-0.05, 0) is 76.4 Å². The van der Waals surface area contributed by atoms with Crippen LogP contribution in [0.2, 0.25) is 18.1 Å². The third-order valence-electron chi connectivity index (χ3n) is 7.82. The van der Waals surface area contributed by atoms with Crippen molar-refractivity contribution in [3.63, 3.8) is 0 Å². The van der Waals surface area contributed by atoms with Crippen LogP contribution in [-0.2, 0) is 13.7 Å². The Morgan fingerprint density at radius 2 is 1.66 bits per heavy atom. The highest BCUT2D eigenvalue weighted by Crippen LogP contribution is 2.42. The third kappa shape index (κ3) is 7.58. The molecular formula is C30H45F2N2O5PSi. The minimum absolute atomic E-state index is 0.0167. The van der Waals surface area contributed by atoms with Gasteiger partial charge in [0.05, 0.1) is 24.4 Å². The van der Waals surface area contributed by atoms with Crippen molar-refractivity contribution in [1.82, 2.24) is 5.32 Å². The number of anilines is 1. The van der Waals surface area contributed by atoms with E-state index in [0.717, 1.165) is 0 Å². The van der Waals surface area contributed by atoms with Crippen LogP contribution in [0.5, 0.6) is 0 Å². The Kier molecular flexibility index (Phi) is 9.56. The topological polar surface area (TPSA) is 88.1 Å². The van der Waals surface area contributed by atoms with Crippen LogP contribution in [0, 0.1) is 11.6 Å². The minimum Gasteiger partial charge on any atom is -0.444 e. The number of ether oxygens (including phenoxy) is 1. The van der Waals surface area contributed by atoms with Crippen molar-refractivity contribution in [1.29, 1.82) is 0 Å². The lowest BCUT2D eigenvalue weighted by Gasteiger charge is -2.38. The molecule has 0 bridgehead atoms. The summed E-state index contributed by atoms with van der Waals surface area (Å²) in [6, 6.07) is 8.16. The summed E-state index contributed by atoms with van der Waals surface area (Å²) in [6.45, 7) is 19.0. The van der Waals surface area contributed by atoms with Crippen LogP contribution in [0.1, 0.15) is 48.0 Å². The summed E-state index contributed by atoms with van der Waals surface area (Å²) in [4.78, 5) is 13.9. The lowest BCUT2D eigenvalue weighted by atomic mass is 10.0. The Balaban J connectivity index is 2.03. The van der Waals surface area contributed by atoms with Crippen LogP contribution in [0.3, 0.4) is 0 Å². The fourth-order valence-electron chi connectivity index (χ4n) is 4.66. The first kappa shape index (κ1) is 33.2. The van der Waals surface area contributed by atoms with Crippen LogP contribution in [0.15, 0.2) is 36.4 Å². The predicted octanol–water partition coefficient (Wildman–Crippen LogP) is 6.69. The van der Waals surface area contributed by atoms with E-state index in [1.54, 1.807) is 58.4 Å². The van der Waals surface area contributed by atoms with Crippen molar-refractivity contribution >= 4 is 32.5 Å². The highest BCUT2D eigenvalue weighted by Gasteiger charge is 2.45. The molecule has 2 N–H and O–H groups in total. The zero-order valence-electron chi connectivity index (χ0n) is 25.8. The average molecular weight is 611 g/mol. The number of halogens is 2. The van der Waals surface area contributed by atoms with Crippen LogP contribution in [0.25, 0.3) is 11.1 Å². The molecule has 1 unspecified atom stereocenters. The van der Waals surface area contributed by atoms with E-state index in [1.807, 2.05) is 0 Å². The standard InChI is InChI=1S/C30H45F2N2O5PSi/c1-29(2,3)39-28(36)33-22-17-19(18-38-41(9,10)30(4,5)6)34(27(22)35)23-16-15-21(25(31)26(23)32)20-13-11-12-14-24(20)40(7,8)37/h11-16,19,22,27,35H,17-18H2,1-10H3,(H,33,36)/t19-,22+,27?/m0/s1. The van der Waals surface area contributed by atoms with Gasteiger partial charge in [0.2, 0.25) is 0 Å². The molecule has 3 rings (SSSR count). The van der Waals surface area contributed by atoms with Crippen LogP contribution in [0.4, 0.5) is 19.3 Å². The van der Waals surface area contributed by atoms with E-state index < -0.39 is 57.1 Å². The van der Waals surface area contributed by atoms with Gasteiger partial charge >= 0.3 is 6.09 Å². The summed E-state index contributed by atoms with van der Waals surface area (Å²) < 4.78 is 56.4. The quantitative estimate of drug-likeness (QED) is 0.268. The Labute approximate surface area is 244 Å². The van der Waals surface area contributed by atoms with E-state index in [4.69, 9.17) is 9.16 Å². The fourth-order valence-corrected chi connectivity index (χ4v) is 6.92. The van der Waals surface area contributed by atoms with Crippen molar-refractivity contribution in [3.05, 3.63) is 48.0 Å². The van der Waals surface area contributed by atoms with Crippen molar-refractivity contribution in [2.75, 3.05) is 24.8 Å². The predicted molar refractivity (Wildman–Crippen MR) is 164 cm³/mol. The molecule has 3 atom stereocenters. The summed E-state index contributed by atoms with van der Waals surface area (Å²) >= 11 is 0. The van der Waals surface area contributed by atoms with Gasteiger partial charge in [-0.25, -0.2) is 13.6 Å². The molecule has 41 heavy (non-hydrogen) atoms. The first-order valence-corrected chi connectivity index (χ1v) is 19.4. The molecule has 0 radical (unpaired) electrons. The zero-order valence-corrected chi connectivity index (χ0v) is 27.7. The third-order valence-corrected chi connectivity index (χ3v) is 13.9. The maximum atomic E-state index is 15.9. The maximum Gasteiger partial charge on any atom is 0.408 e. The van der Waals surface area contributed by atoms with Gasteiger partial charge in [0, 0.05) is 10.9 Å². The number of alkyl carbamates (subject to hydrolysis) is 1. The highest BCUT2D eigenvalue weighted by molar-refractivity contribution is 7.70. The zero-order chi connectivity index (χ0) is 31.1. The van der Waals surface area contributed by atoms with Gasteiger partial charge in [-0.1, -0.05) is 45.0 Å². The minimum atomic E-state index is -2.79. The second-order valence-corrected chi connectivity index (χ2v) is 21.7. The van der Waals surface area contributed by atoms with E-state index in [2.05, 4.69) is 39.2 Å². The number of aliphatic hydroxyl groups excluding tert-OH is 1. The number of amides is 1. The van der Waals surface area contributed by atoms with E-state index >= 15 is 8.78 Å². The first-order valence-electron chi connectivity index (χ1n) is 13.9. The lowest BCUT2D eigenvalue weighted by molar-refractivity contribution is 0.0450. The summed E-state index contributed by atoms with van der Waals surface area (Å²) in [5.74, 6) is -2.25. The van der Waals surface area contributed by atoms with E-state index in [9.17, 15) is 14.5 Å². The number of nitrogens with one attached hydrogen (secondary N) is 1.